The van der Waals surface area contributed by atoms with Crippen molar-refractivity contribution in [2.24, 2.45) is 0 Å². The number of aromatic nitrogens is 2. The third kappa shape index (κ3) is 3.49. The first-order valence-corrected chi connectivity index (χ1v) is 6.65. The molecule has 1 aromatic carbocycles. The summed E-state index contributed by atoms with van der Waals surface area (Å²) < 4.78 is 8.34. The molecular formula is C12H14ClN3S. The average molecular weight is 268 g/mol. The second kappa shape index (κ2) is 6.10. The van der Waals surface area contributed by atoms with Crippen LogP contribution >= 0.6 is 23.3 Å². The maximum Gasteiger partial charge on any atom is 0.0915 e. The van der Waals surface area contributed by atoms with E-state index in [9.17, 15) is 0 Å². The van der Waals surface area contributed by atoms with Gasteiger partial charge in [-0.2, -0.15) is 8.75 Å². The SMILES string of the molecule is CCNC(Cc1cccc(Cl)c1)c1cnsn1. The molecule has 0 spiro atoms. The van der Waals surface area contributed by atoms with Crippen LogP contribution in [-0.2, 0) is 6.42 Å². The van der Waals surface area contributed by atoms with E-state index in [1.165, 1.54) is 17.3 Å². The second-order valence-electron chi connectivity index (χ2n) is 3.78. The Kier molecular flexibility index (Phi) is 4.48. The van der Waals surface area contributed by atoms with E-state index in [2.05, 4.69) is 27.1 Å². The fourth-order valence-corrected chi connectivity index (χ4v) is 2.44. The number of halogens is 1. The fraction of sp³-hybridized carbons (Fsp3) is 0.333. The predicted octanol–water partition coefficient (Wildman–Crippen LogP) is 3.08. The van der Waals surface area contributed by atoms with Gasteiger partial charge in [0.05, 0.1) is 29.7 Å². The van der Waals surface area contributed by atoms with Crippen LogP contribution in [0.1, 0.15) is 24.2 Å². The zero-order valence-corrected chi connectivity index (χ0v) is 11.1. The first-order chi connectivity index (χ1) is 8.29. The van der Waals surface area contributed by atoms with Crippen LogP contribution in [0.25, 0.3) is 0 Å². The highest BCUT2D eigenvalue weighted by Gasteiger charge is 2.13. The molecule has 3 nitrogen and oxygen atoms in total. The van der Waals surface area contributed by atoms with Crippen molar-refractivity contribution in [3.8, 4) is 0 Å². The van der Waals surface area contributed by atoms with Crippen LogP contribution in [0.15, 0.2) is 30.5 Å². The molecule has 0 aliphatic rings. The van der Waals surface area contributed by atoms with E-state index in [0.29, 0.717) is 0 Å². The largest absolute Gasteiger partial charge is 0.309 e. The number of hydrogen-bond acceptors (Lipinski definition) is 4. The summed E-state index contributed by atoms with van der Waals surface area (Å²) in [5, 5.41) is 4.19. The van der Waals surface area contributed by atoms with Gasteiger partial charge < -0.3 is 5.32 Å². The average Bonchev–Trinajstić information content (AvgIpc) is 2.82. The maximum atomic E-state index is 5.98. The summed E-state index contributed by atoms with van der Waals surface area (Å²) >= 11 is 7.23. The third-order valence-corrected chi connectivity index (χ3v) is 3.24. The molecule has 90 valence electrons. The Hall–Kier alpha value is -0.970. The molecule has 0 bridgehead atoms. The van der Waals surface area contributed by atoms with Gasteiger partial charge in [-0.05, 0) is 30.7 Å². The normalized spacial score (nSPS) is 12.6. The molecule has 1 aromatic heterocycles. The van der Waals surface area contributed by atoms with Crippen LogP contribution < -0.4 is 5.32 Å². The van der Waals surface area contributed by atoms with Crippen molar-refractivity contribution in [3.63, 3.8) is 0 Å². The van der Waals surface area contributed by atoms with Gasteiger partial charge in [0.1, 0.15) is 0 Å². The highest BCUT2D eigenvalue weighted by molar-refractivity contribution is 6.99. The summed E-state index contributed by atoms with van der Waals surface area (Å²) in [6.45, 7) is 2.99. The lowest BCUT2D eigenvalue weighted by Crippen LogP contribution is -2.23. The maximum absolute atomic E-state index is 5.98. The fourth-order valence-electron chi connectivity index (χ4n) is 1.75. The van der Waals surface area contributed by atoms with Gasteiger partial charge >= 0.3 is 0 Å². The molecule has 0 saturated heterocycles. The molecule has 2 rings (SSSR count). The molecular weight excluding hydrogens is 254 g/mol. The van der Waals surface area contributed by atoms with Crippen molar-refractivity contribution in [1.82, 2.24) is 14.1 Å². The highest BCUT2D eigenvalue weighted by atomic mass is 35.5. The smallest absolute Gasteiger partial charge is 0.0915 e. The molecule has 0 saturated carbocycles. The van der Waals surface area contributed by atoms with E-state index in [-0.39, 0.29) is 6.04 Å². The predicted molar refractivity (Wildman–Crippen MR) is 71.5 cm³/mol. The quantitative estimate of drug-likeness (QED) is 0.905. The molecule has 1 unspecified atom stereocenters. The van der Waals surface area contributed by atoms with E-state index in [1.54, 1.807) is 0 Å². The molecule has 17 heavy (non-hydrogen) atoms. The summed E-state index contributed by atoms with van der Waals surface area (Å²) in [5.74, 6) is 0. The summed E-state index contributed by atoms with van der Waals surface area (Å²) in [6, 6.07) is 8.14. The third-order valence-electron chi connectivity index (χ3n) is 2.51. The zero-order chi connectivity index (χ0) is 12.1. The number of nitrogens with zero attached hydrogens (tertiary/aromatic N) is 2. The van der Waals surface area contributed by atoms with Crippen molar-refractivity contribution >= 4 is 23.3 Å². The number of rotatable bonds is 5. The van der Waals surface area contributed by atoms with Crippen LogP contribution in [0.3, 0.4) is 0 Å². The Balaban J connectivity index is 2.13. The van der Waals surface area contributed by atoms with E-state index >= 15 is 0 Å². The minimum atomic E-state index is 0.206. The Morgan fingerprint density at radius 3 is 3.00 bits per heavy atom. The van der Waals surface area contributed by atoms with E-state index in [4.69, 9.17) is 11.6 Å². The summed E-state index contributed by atoms with van der Waals surface area (Å²) in [4.78, 5) is 0. The summed E-state index contributed by atoms with van der Waals surface area (Å²) in [5.41, 5.74) is 2.20. The number of likely N-dealkylation sites (N-methyl/N-ethyl adjacent to an activating group) is 1. The van der Waals surface area contributed by atoms with Crippen LogP contribution in [-0.4, -0.2) is 15.3 Å². The standard InChI is InChI=1S/C12H14ClN3S/c1-2-14-11(12-8-15-17-16-12)7-9-4-3-5-10(13)6-9/h3-6,8,11,14H,2,7H2,1H3. The minimum absolute atomic E-state index is 0.206. The monoisotopic (exact) mass is 267 g/mol. The van der Waals surface area contributed by atoms with Crippen LogP contribution in [0.2, 0.25) is 5.02 Å². The lowest BCUT2D eigenvalue weighted by atomic mass is 10.0. The Morgan fingerprint density at radius 1 is 1.47 bits per heavy atom. The first kappa shape index (κ1) is 12.5. The topological polar surface area (TPSA) is 37.8 Å². The van der Waals surface area contributed by atoms with E-state index in [1.807, 2.05) is 24.4 Å². The Morgan fingerprint density at radius 2 is 2.35 bits per heavy atom. The number of benzene rings is 1. The van der Waals surface area contributed by atoms with Gasteiger partial charge in [0.15, 0.2) is 0 Å². The molecule has 2 aromatic rings. The van der Waals surface area contributed by atoms with Gasteiger partial charge in [-0.3, -0.25) is 0 Å². The van der Waals surface area contributed by atoms with E-state index in [0.717, 1.165) is 23.7 Å². The van der Waals surface area contributed by atoms with Gasteiger partial charge in [-0.15, -0.1) is 0 Å². The van der Waals surface area contributed by atoms with Crippen molar-refractivity contribution in [2.75, 3.05) is 6.54 Å². The van der Waals surface area contributed by atoms with Crippen molar-refractivity contribution in [2.45, 2.75) is 19.4 Å². The lowest BCUT2D eigenvalue weighted by Gasteiger charge is -2.15. The summed E-state index contributed by atoms with van der Waals surface area (Å²) in [6.07, 6.45) is 2.70. The van der Waals surface area contributed by atoms with Gasteiger partial charge in [-0.25, -0.2) is 0 Å². The molecule has 0 aliphatic carbocycles. The number of nitrogens with one attached hydrogen (secondary N) is 1. The van der Waals surface area contributed by atoms with Crippen molar-refractivity contribution in [3.05, 3.63) is 46.7 Å². The van der Waals surface area contributed by atoms with Gasteiger partial charge in [-0.1, -0.05) is 30.7 Å². The molecule has 0 fully saturated rings. The van der Waals surface area contributed by atoms with Gasteiger partial charge in [0.25, 0.3) is 0 Å². The second-order valence-corrected chi connectivity index (χ2v) is 4.77. The van der Waals surface area contributed by atoms with Gasteiger partial charge in [0.2, 0.25) is 0 Å². The molecule has 1 atom stereocenters. The minimum Gasteiger partial charge on any atom is -0.309 e. The molecule has 1 heterocycles. The van der Waals surface area contributed by atoms with Crippen LogP contribution in [0.5, 0.6) is 0 Å². The molecule has 0 radical (unpaired) electrons. The first-order valence-electron chi connectivity index (χ1n) is 5.55. The molecule has 0 amide bonds. The van der Waals surface area contributed by atoms with Crippen LogP contribution in [0, 0.1) is 0 Å². The van der Waals surface area contributed by atoms with Crippen molar-refractivity contribution in [1.29, 1.82) is 0 Å². The highest BCUT2D eigenvalue weighted by Crippen LogP contribution is 2.19. The molecule has 1 N–H and O–H groups in total. The van der Waals surface area contributed by atoms with Crippen LogP contribution in [0.4, 0.5) is 0 Å². The number of hydrogen-bond donors (Lipinski definition) is 1. The van der Waals surface area contributed by atoms with Gasteiger partial charge in [0, 0.05) is 5.02 Å². The Bertz CT molecular complexity index is 459. The zero-order valence-electron chi connectivity index (χ0n) is 9.56. The molecule has 0 aliphatic heterocycles. The Labute approximate surface area is 110 Å². The lowest BCUT2D eigenvalue weighted by molar-refractivity contribution is 0.540. The van der Waals surface area contributed by atoms with Crippen molar-refractivity contribution < 1.29 is 0 Å². The molecule has 5 heteroatoms. The summed E-state index contributed by atoms with van der Waals surface area (Å²) in [7, 11) is 0. The van der Waals surface area contributed by atoms with E-state index < -0.39 is 0 Å².